The van der Waals surface area contributed by atoms with Gasteiger partial charge in [-0.3, -0.25) is 4.79 Å². The first-order valence-electron chi connectivity index (χ1n) is 9.65. The quantitative estimate of drug-likeness (QED) is 0.399. The van der Waals surface area contributed by atoms with Crippen LogP contribution in [0, 0.1) is 0 Å². The Morgan fingerprint density at radius 3 is 1.79 bits per heavy atom. The number of nitrogens with one attached hydrogen (secondary N) is 3. The van der Waals surface area contributed by atoms with Crippen molar-refractivity contribution < 1.29 is 33.8 Å². The highest BCUT2D eigenvalue weighted by atomic mass is 16.6. The van der Waals surface area contributed by atoms with Crippen molar-refractivity contribution in [1.29, 1.82) is 0 Å². The summed E-state index contributed by atoms with van der Waals surface area (Å²) in [6.45, 7) is 11.1. The normalized spacial score (nSPS) is 12.5. The van der Waals surface area contributed by atoms with Crippen LogP contribution in [-0.4, -0.2) is 59.5 Å². The molecule has 29 heavy (non-hydrogen) atoms. The molecule has 0 heterocycles. The highest BCUT2D eigenvalue weighted by Gasteiger charge is 2.24. The number of alkyl carbamates (subject to hydrolysis) is 2. The molecule has 0 aliphatic heterocycles. The van der Waals surface area contributed by atoms with E-state index in [4.69, 9.17) is 9.47 Å². The Hall–Kier alpha value is -2.52. The van der Waals surface area contributed by atoms with E-state index >= 15 is 0 Å². The van der Waals surface area contributed by atoms with Crippen molar-refractivity contribution in [3.8, 4) is 0 Å². The van der Waals surface area contributed by atoms with Crippen LogP contribution in [0.4, 0.5) is 9.59 Å². The second-order valence-electron chi connectivity index (χ2n) is 8.56. The molecular weight excluding hydrogens is 382 g/mol. The van der Waals surface area contributed by atoms with Gasteiger partial charge in [-0.15, -0.1) is 0 Å². The number of carboxylic acids is 1. The Morgan fingerprint density at radius 2 is 1.31 bits per heavy atom. The summed E-state index contributed by atoms with van der Waals surface area (Å²) in [6, 6.07) is -1.21. The van der Waals surface area contributed by atoms with Crippen LogP contribution < -0.4 is 16.0 Å². The molecule has 0 aromatic carbocycles. The molecule has 0 radical (unpaired) electrons. The van der Waals surface area contributed by atoms with Gasteiger partial charge in [0.25, 0.3) is 0 Å². The Balaban J connectivity index is 4.02. The first-order chi connectivity index (χ1) is 13.2. The van der Waals surface area contributed by atoms with Gasteiger partial charge in [0.05, 0.1) is 0 Å². The van der Waals surface area contributed by atoms with E-state index < -0.39 is 35.4 Å². The maximum Gasteiger partial charge on any atom is 0.408 e. The molecule has 10 nitrogen and oxygen atoms in total. The summed E-state index contributed by atoms with van der Waals surface area (Å²) in [7, 11) is 0. The van der Waals surface area contributed by atoms with Gasteiger partial charge in [0.15, 0.2) is 0 Å². The average molecular weight is 418 g/mol. The summed E-state index contributed by atoms with van der Waals surface area (Å²) >= 11 is 0. The molecular formula is C19H35N3O7. The summed E-state index contributed by atoms with van der Waals surface area (Å²) in [4.78, 5) is 46.2. The van der Waals surface area contributed by atoms with Crippen LogP contribution in [0.2, 0.25) is 0 Å². The van der Waals surface area contributed by atoms with Gasteiger partial charge in [-0.2, -0.15) is 0 Å². The van der Waals surface area contributed by atoms with E-state index in [-0.39, 0.29) is 18.7 Å². The largest absolute Gasteiger partial charge is 0.480 e. The summed E-state index contributed by atoms with van der Waals surface area (Å²) in [6.07, 6.45) is -0.150. The lowest BCUT2D eigenvalue weighted by Gasteiger charge is -2.21. The number of rotatable bonds is 10. The fourth-order valence-corrected chi connectivity index (χ4v) is 2.05. The predicted molar refractivity (Wildman–Crippen MR) is 107 cm³/mol. The number of carboxylic acid groups (broad SMARTS) is 1. The third kappa shape index (κ3) is 16.2. The number of aliphatic carboxylic acids is 1. The molecule has 0 aliphatic carbocycles. The molecule has 0 fully saturated rings. The Labute approximate surface area is 172 Å². The van der Waals surface area contributed by atoms with Crippen molar-refractivity contribution in [2.24, 2.45) is 0 Å². The van der Waals surface area contributed by atoms with E-state index in [9.17, 15) is 24.3 Å². The van der Waals surface area contributed by atoms with Crippen LogP contribution in [0.15, 0.2) is 0 Å². The van der Waals surface area contributed by atoms with Gasteiger partial charge in [-0.05, 0) is 60.8 Å². The molecule has 0 spiro atoms. The van der Waals surface area contributed by atoms with Crippen molar-refractivity contribution in [2.45, 2.75) is 84.5 Å². The van der Waals surface area contributed by atoms with Crippen molar-refractivity contribution in [3.05, 3.63) is 0 Å². The topological polar surface area (TPSA) is 143 Å². The molecule has 0 saturated carbocycles. The van der Waals surface area contributed by atoms with Crippen LogP contribution in [0.1, 0.15) is 67.2 Å². The number of carbonyl (C=O) groups is 4. The monoisotopic (exact) mass is 417 g/mol. The van der Waals surface area contributed by atoms with E-state index in [1.807, 2.05) is 0 Å². The molecule has 1 atom stereocenters. The molecule has 0 unspecified atom stereocenters. The lowest BCUT2D eigenvalue weighted by Crippen LogP contribution is -2.44. The van der Waals surface area contributed by atoms with Gasteiger partial charge in [-0.25, -0.2) is 14.4 Å². The first kappa shape index (κ1) is 26.5. The van der Waals surface area contributed by atoms with E-state index in [1.165, 1.54) is 0 Å². The van der Waals surface area contributed by atoms with E-state index in [0.717, 1.165) is 0 Å². The molecule has 0 aromatic heterocycles. The minimum Gasteiger partial charge on any atom is -0.480 e. The Morgan fingerprint density at radius 1 is 0.828 bits per heavy atom. The fraction of sp³-hybridized carbons (Fsp3) is 0.789. The molecule has 4 N–H and O–H groups in total. The van der Waals surface area contributed by atoms with Gasteiger partial charge in [0.1, 0.15) is 17.2 Å². The SMILES string of the molecule is CC(C)(C)OC(=O)NCCCCNC(=O)CC[C@H](NC(=O)OC(C)(C)C)C(=O)O. The summed E-state index contributed by atoms with van der Waals surface area (Å²) in [5.41, 5.74) is -1.30. The molecule has 0 bridgehead atoms. The molecule has 0 aromatic rings. The third-order valence-corrected chi connectivity index (χ3v) is 3.24. The van der Waals surface area contributed by atoms with Crippen LogP contribution in [-0.2, 0) is 19.1 Å². The van der Waals surface area contributed by atoms with Crippen LogP contribution >= 0.6 is 0 Å². The van der Waals surface area contributed by atoms with Crippen molar-refractivity contribution >= 4 is 24.1 Å². The maximum absolute atomic E-state index is 11.8. The number of carbonyl (C=O) groups excluding carboxylic acids is 3. The van der Waals surface area contributed by atoms with Crippen LogP contribution in [0.5, 0.6) is 0 Å². The zero-order valence-electron chi connectivity index (χ0n) is 18.2. The lowest BCUT2D eigenvalue weighted by molar-refractivity contribution is -0.139. The molecule has 0 saturated heterocycles. The van der Waals surface area contributed by atoms with Crippen molar-refractivity contribution in [2.75, 3.05) is 13.1 Å². The maximum atomic E-state index is 11.8. The number of unbranched alkanes of at least 4 members (excludes halogenated alkanes) is 1. The van der Waals surface area contributed by atoms with Crippen molar-refractivity contribution in [3.63, 3.8) is 0 Å². The van der Waals surface area contributed by atoms with Crippen LogP contribution in [0.3, 0.4) is 0 Å². The van der Waals surface area contributed by atoms with E-state index in [0.29, 0.717) is 25.9 Å². The van der Waals surface area contributed by atoms with Crippen molar-refractivity contribution in [1.82, 2.24) is 16.0 Å². The van der Waals surface area contributed by atoms with E-state index in [2.05, 4.69) is 16.0 Å². The summed E-state index contributed by atoms with van der Waals surface area (Å²) in [5, 5.41) is 16.7. The Kier molecular flexibility index (Phi) is 11.1. The number of hydrogen-bond acceptors (Lipinski definition) is 6. The second-order valence-corrected chi connectivity index (χ2v) is 8.56. The van der Waals surface area contributed by atoms with Gasteiger partial charge in [0.2, 0.25) is 5.91 Å². The third-order valence-electron chi connectivity index (χ3n) is 3.24. The highest BCUT2D eigenvalue weighted by molar-refractivity contribution is 5.81. The minimum absolute atomic E-state index is 0.0527. The smallest absolute Gasteiger partial charge is 0.408 e. The number of ether oxygens (including phenoxy) is 2. The standard InChI is InChI=1S/C19H35N3O7/c1-18(2,3)28-16(26)21-12-8-7-11-20-14(23)10-9-13(15(24)25)22-17(27)29-19(4,5)6/h13H,7-12H2,1-6H3,(H,20,23)(H,21,26)(H,22,27)(H,24,25)/t13-/m0/s1. The number of amides is 3. The summed E-state index contributed by atoms with van der Waals surface area (Å²) in [5.74, 6) is -1.56. The van der Waals surface area contributed by atoms with Gasteiger partial charge >= 0.3 is 18.2 Å². The Bertz CT molecular complexity index is 565. The van der Waals surface area contributed by atoms with Gasteiger partial charge in [-0.1, -0.05) is 0 Å². The van der Waals surface area contributed by atoms with Gasteiger partial charge < -0.3 is 30.5 Å². The molecule has 3 amide bonds. The number of hydrogen-bond donors (Lipinski definition) is 4. The zero-order chi connectivity index (χ0) is 22.7. The van der Waals surface area contributed by atoms with Gasteiger partial charge in [0, 0.05) is 19.5 Å². The highest BCUT2D eigenvalue weighted by Crippen LogP contribution is 2.08. The molecule has 10 heteroatoms. The zero-order valence-corrected chi connectivity index (χ0v) is 18.2. The molecule has 168 valence electrons. The first-order valence-corrected chi connectivity index (χ1v) is 9.65. The molecule has 0 rings (SSSR count). The average Bonchev–Trinajstić information content (AvgIpc) is 2.50. The summed E-state index contributed by atoms with van der Waals surface area (Å²) < 4.78 is 10.1. The minimum atomic E-state index is -1.24. The fourth-order valence-electron chi connectivity index (χ4n) is 2.05. The predicted octanol–water partition coefficient (Wildman–Crippen LogP) is 2.17. The van der Waals surface area contributed by atoms with Crippen LogP contribution in [0.25, 0.3) is 0 Å². The second kappa shape index (κ2) is 12.1. The molecule has 0 aliphatic rings. The lowest BCUT2D eigenvalue weighted by atomic mass is 10.1. The van der Waals surface area contributed by atoms with E-state index in [1.54, 1.807) is 41.5 Å².